The van der Waals surface area contributed by atoms with Crippen LogP contribution in [0.5, 0.6) is 5.75 Å². The first-order chi connectivity index (χ1) is 14.2. The maximum atomic E-state index is 12.5. The van der Waals surface area contributed by atoms with E-state index in [4.69, 9.17) is 4.74 Å². The molecule has 0 aliphatic heterocycles. The molecule has 8 heteroatoms. The maximum absolute atomic E-state index is 12.5. The number of hydrogen-bond donors (Lipinski definition) is 3. The van der Waals surface area contributed by atoms with E-state index in [9.17, 15) is 18.3 Å². The molecule has 0 spiro atoms. The van der Waals surface area contributed by atoms with E-state index in [0.29, 0.717) is 36.1 Å². The lowest BCUT2D eigenvalue weighted by molar-refractivity contribution is 0.0936. The number of carbonyl (C=O) groups excluding carboxylic acids is 1. The second kappa shape index (κ2) is 11.0. The zero-order valence-electron chi connectivity index (χ0n) is 17.6. The summed E-state index contributed by atoms with van der Waals surface area (Å²) in [6.45, 7) is 6.90. The number of aliphatic hydroxyl groups is 1. The number of anilines is 1. The number of nitrogens with one attached hydrogen (secondary N) is 2. The van der Waals surface area contributed by atoms with Crippen LogP contribution in [-0.2, 0) is 10.0 Å². The highest BCUT2D eigenvalue weighted by Crippen LogP contribution is 2.20. The summed E-state index contributed by atoms with van der Waals surface area (Å²) in [5.74, 6) is 0.776. The van der Waals surface area contributed by atoms with Gasteiger partial charge >= 0.3 is 0 Å². The minimum absolute atomic E-state index is 0.00847. The first-order valence-corrected chi connectivity index (χ1v) is 11.5. The molecule has 30 heavy (non-hydrogen) atoms. The lowest BCUT2D eigenvalue weighted by Crippen LogP contribution is -2.31. The normalized spacial score (nSPS) is 12.4. The third-order valence-electron chi connectivity index (χ3n) is 4.46. The zero-order chi connectivity index (χ0) is 22.1. The monoisotopic (exact) mass is 434 g/mol. The molecule has 0 radical (unpaired) electrons. The summed E-state index contributed by atoms with van der Waals surface area (Å²) in [6, 6.07) is 12.4. The number of aliphatic hydroxyl groups excluding tert-OH is 1. The van der Waals surface area contributed by atoms with Gasteiger partial charge in [0.05, 0.1) is 11.5 Å². The molecule has 1 atom stereocenters. The van der Waals surface area contributed by atoms with Gasteiger partial charge in [-0.2, -0.15) is 0 Å². The van der Waals surface area contributed by atoms with Gasteiger partial charge in [-0.15, -0.1) is 0 Å². The van der Waals surface area contributed by atoms with Crippen molar-refractivity contribution in [2.45, 2.75) is 32.1 Å². The molecule has 2 aromatic rings. The second-order valence-corrected chi connectivity index (χ2v) is 9.16. The van der Waals surface area contributed by atoms with Gasteiger partial charge in [-0.05, 0) is 73.7 Å². The average molecular weight is 435 g/mol. The van der Waals surface area contributed by atoms with Gasteiger partial charge in [0, 0.05) is 24.4 Å². The number of amides is 1. The highest BCUT2D eigenvalue weighted by molar-refractivity contribution is 7.92. The van der Waals surface area contributed by atoms with Crippen LogP contribution < -0.4 is 14.8 Å². The van der Waals surface area contributed by atoms with Crippen molar-refractivity contribution in [1.29, 1.82) is 0 Å². The number of rotatable bonds is 11. The van der Waals surface area contributed by atoms with Gasteiger partial charge in [-0.25, -0.2) is 8.42 Å². The molecule has 0 fully saturated rings. The van der Waals surface area contributed by atoms with Crippen molar-refractivity contribution in [1.82, 2.24) is 5.32 Å². The summed E-state index contributed by atoms with van der Waals surface area (Å²) in [6.07, 6.45) is 0.822. The van der Waals surface area contributed by atoms with Gasteiger partial charge in [0.25, 0.3) is 15.9 Å². The van der Waals surface area contributed by atoms with Crippen LogP contribution in [0.15, 0.2) is 53.4 Å². The van der Waals surface area contributed by atoms with Crippen LogP contribution >= 0.6 is 0 Å². The van der Waals surface area contributed by atoms with Crippen LogP contribution in [-0.4, -0.2) is 39.2 Å². The summed E-state index contributed by atoms with van der Waals surface area (Å²) in [5.41, 5.74) is 0.772. The molecule has 164 valence electrons. The molecule has 3 N–H and O–H groups in total. The molecule has 0 aliphatic carbocycles. The summed E-state index contributed by atoms with van der Waals surface area (Å²) >= 11 is 0. The van der Waals surface area contributed by atoms with Crippen molar-refractivity contribution >= 4 is 21.6 Å². The number of ether oxygens (including phenoxy) is 1. The van der Waals surface area contributed by atoms with Gasteiger partial charge in [-0.1, -0.05) is 13.8 Å². The van der Waals surface area contributed by atoms with Crippen LogP contribution in [0.1, 0.15) is 37.6 Å². The molecule has 0 bridgehead atoms. The Bertz CT molecular complexity index is 910. The van der Waals surface area contributed by atoms with Crippen molar-refractivity contribution < 1.29 is 23.1 Å². The van der Waals surface area contributed by atoms with Gasteiger partial charge in [0.2, 0.25) is 0 Å². The van der Waals surface area contributed by atoms with Crippen LogP contribution in [0.25, 0.3) is 0 Å². The van der Waals surface area contributed by atoms with Crippen LogP contribution in [0, 0.1) is 11.8 Å². The first kappa shape index (κ1) is 23.7. The molecule has 0 aliphatic rings. The van der Waals surface area contributed by atoms with E-state index >= 15 is 0 Å². The highest BCUT2D eigenvalue weighted by Gasteiger charge is 2.16. The van der Waals surface area contributed by atoms with Crippen LogP contribution in [0.3, 0.4) is 0 Å². The van der Waals surface area contributed by atoms with Crippen LogP contribution in [0.2, 0.25) is 0 Å². The maximum Gasteiger partial charge on any atom is 0.261 e. The summed E-state index contributed by atoms with van der Waals surface area (Å²) < 4.78 is 32.9. The van der Waals surface area contributed by atoms with Crippen molar-refractivity contribution in [3.63, 3.8) is 0 Å². The Balaban J connectivity index is 1.98. The Labute approximate surface area is 178 Å². The Morgan fingerprint density at radius 2 is 1.70 bits per heavy atom. The van der Waals surface area contributed by atoms with Gasteiger partial charge in [0.1, 0.15) is 5.75 Å². The Kier molecular flexibility index (Phi) is 8.68. The molecule has 0 saturated carbocycles. The zero-order valence-corrected chi connectivity index (χ0v) is 18.4. The topological polar surface area (TPSA) is 105 Å². The second-order valence-electron chi connectivity index (χ2n) is 7.48. The van der Waals surface area contributed by atoms with Crippen molar-refractivity contribution in [2.24, 2.45) is 11.8 Å². The third kappa shape index (κ3) is 7.03. The number of carbonyl (C=O) groups is 1. The summed E-state index contributed by atoms with van der Waals surface area (Å²) in [7, 11) is -3.75. The molecule has 0 saturated heterocycles. The fourth-order valence-electron chi connectivity index (χ4n) is 3.01. The Morgan fingerprint density at radius 3 is 2.23 bits per heavy atom. The molecule has 2 rings (SSSR count). The van der Waals surface area contributed by atoms with Crippen LogP contribution in [0.4, 0.5) is 5.69 Å². The van der Waals surface area contributed by atoms with E-state index in [-0.39, 0.29) is 23.3 Å². The van der Waals surface area contributed by atoms with E-state index in [2.05, 4.69) is 23.9 Å². The Hall–Kier alpha value is -2.58. The van der Waals surface area contributed by atoms with Crippen molar-refractivity contribution in [3.05, 3.63) is 54.1 Å². The fourth-order valence-corrected chi connectivity index (χ4v) is 4.07. The van der Waals surface area contributed by atoms with E-state index in [1.165, 1.54) is 12.1 Å². The first-order valence-electron chi connectivity index (χ1n) is 10.00. The van der Waals surface area contributed by atoms with Crippen molar-refractivity contribution in [2.75, 3.05) is 24.5 Å². The molecule has 1 amide bonds. The predicted molar refractivity (Wildman–Crippen MR) is 117 cm³/mol. The van der Waals surface area contributed by atoms with E-state index in [1.807, 2.05) is 6.92 Å². The summed E-state index contributed by atoms with van der Waals surface area (Å²) in [4.78, 5) is 12.4. The molecule has 7 nitrogen and oxygen atoms in total. The summed E-state index contributed by atoms with van der Waals surface area (Å²) in [5, 5.41) is 12.2. The number of hydrogen-bond acceptors (Lipinski definition) is 5. The molecular formula is C22H30N2O5S. The largest absolute Gasteiger partial charge is 0.494 e. The molecular weight excluding hydrogens is 404 g/mol. The minimum atomic E-state index is -3.75. The molecule has 0 unspecified atom stereocenters. The van der Waals surface area contributed by atoms with E-state index in [1.54, 1.807) is 36.4 Å². The molecule has 0 aromatic heterocycles. The lowest BCUT2D eigenvalue weighted by atomic mass is 9.98. The predicted octanol–water partition coefficient (Wildman–Crippen LogP) is 3.27. The smallest absolute Gasteiger partial charge is 0.261 e. The fraction of sp³-hybridized carbons (Fsp3) is 0.409. The molecule has 2 aromatic carbocycles. The van der Waals surface area contributed by atoms with Gasteiger partial charge in [-0.3, -0.25) is 9.52 Å². The third-order valence-corrected chi connectivity index (χ3v) is 5.86. The van der Waals surface area contributed by atoms with Gasteiger partial charge in [0.15, 0.2) is 0 Å². The quantitative estimate of drug-likeness (QED) is 0.503. The van der Waals surface area contributed by atoms with Crippen molar-refractivity contribution in [3.8, 4) is 5.75 Å². The lowest BCUT2D eigenvalue weighted by Gasteiger charge is -2.17. The number of sulfonamides is 1. The van der Waals surface area contributed by atoms with E-state index in [0.717, 1.165) is 6.42 Å². The average Bonchev–Trinajstić information content (AvgIpc) is 2.71. The molecule has 0 heterocycles. The minimum Gasteiger partial charge on any atom is -0.494 e. The SMILES string of the molecule is CCOc1ccc(S(=O)(=O)Nc2ccc(C(=O)NC[C@H](CO)CC(C)C)cc2)cc1. The standard InChI is InChI=1S/C22H30N2O5S/c1-4-29-20-9-11-21(12-10-20)30(27,28)24-19-7-5-18(6-8-19)22(26)23-14-17(15-25)13-16(2)3/h5-12,16-17,24-25H,4,13-15H2,1-3H3,(H,23,26)/t17-/m1/s1. The Morgan fingerprint density at radius 1 is 1.07 bits per heavy atom. The highest BCUT2D eigenvalue weighted by atomic mass is 32.2. The number of benzene rings is 2. The van der Waals surface area contributed by atoms with Gasteiger partial charge < -0.3 is 15.2 Å². The van der Waals surface area contributed by atoms with E-state index < -0.39 is 10.0 Å².